The van der Waals surface area contributed by atoms with Crippen molar-refractivity contribution in [1.82, 2.24) is 9.55 Å². The Morgan fingerprint density at radius 1 is 1.41 bits per heavy atom. The Hall–Kier alpha value is -1.03. The molecule has 1 rings (SSSR count). The van der Waals surface area contributed by atoms with Gasteiger partial charge >= 0.3 is 0 Å². The number of hydrogen-bond acceptors (Lipinski definition) is 3. The molecule has 0 amide bonds. The number of ether oxygens (including phenoxy) is 1. The van der Waals surface area contributed by atoms with Gasteiger partial charge in [-0.15, -0.1) is 0 Å². The minimum atomic E-state index is 0.308. The summed E-state index contributed by atoms with van der Waals surface area (Å²) in [4.78, 5) is 4.51. The van der Waals surface area contributed by atoms with Crippen LogP contribution in [0.25, 0.3) is 0 Å². The first-order valence-corrected chi connectivity index (χ1v) is 6.32. The Morgan fingerprint density at radius 2 is 2.12 bits per heavy atom. The van der Waals surface area contributed by atoms with E-state index in [9.17, 15) is 0 Å². The lowest BCUT2D eigenvalue weighted by Gasteiger charge is -2.16. The zero-order valence-electron chi connectivity index (χ0n) is 11.7. The molecule has 0 saturated heterocycles. The first-order valence-electron chi connectivity index (χ1n) is 6.32. The molecule has 98 valence electrons. The van der Waals surface area contributed by atoms with Crippen LogP contribution in [0.15, 0.2) is 6.20 Å². The number of methoxy groups -OCH3 is 1. The smallest absolute Gasteiger partial charge is 0.203 e. The van der Waals surface area contributed by atoms with Crippen LogP contribution < -0.4 is 5.32 Å². The third-order valence-corrected chi connectivity index (χ3v) is 2.74. The summed E-state index contributed by atoms with van der Waals surface area (Å²) in [6.07, 6.45) is 3.23. The molecular weight excluding hydrogens is 214 g/mol. The third kappa shape index (κ3) is 4.38. The summed E-state index contributed by atoms with van der Waals surface area (Å²) in [5.41, 5.74) is 1.04. The molecule has 0 fully saturated rings. The van der Waals surface area contributed by atoms with E-state index in [1.807, 2.05) is 6.92 Å². The van der Waals surface area contributed by atoms with E-state index in [1.165, 1.54) is 0 Å². The van der Waals surface area contributed by atoms with E-state index < -0.39 is 0 Å². The van der Waals surface area contributed by atoms with Gasteiger partial charge in [0.15, 0.2) is 0 Å². The SMILES string of the molecule is COCC(C)n1cc(C)nc1NCCC(C)C. The fraction of sp³-hybridized carbons (Fsp3) is 0.769. The molecule has 1 heterocycles. The summed E-state index contributed by atoms with van der Waals surface area (Å²) in [6, 6.07) is 0.308. The van der Waals surface area contributed by atoms with Crippen molar-refractivity contribution in [2.75, 3.05) is 25.6 Å². The fourth-order valence-electron chi connectivity index (χ4n) is 1.78. The first kappa shape index (κ1) is 14.0. The Kier molecular flexibility index (Phi) is 5.48. The van der Waals surface area contributed by atoms with Crippen LogP contribution in [-0.2, 0) is 4.74 Å². The maximum absolute atomic E-state index is 5.19. The third-order valence-electron chi connectivity index (χ3n) is 2.74. The maximum Gasteiger partial charge on any atom is 0.203 e. The van der Waals surface area contributed by atoms with E-state index in [0.717, 1.165) is 24.6 Å². The highest BCUT2D eigenvalue weighted by Gasteiger charge is 2.11. The number of nitrogens with zero attached hydrogens (tertiary/aromatic N) is 2. The summed E-state index contributed by atoms with van der Waals surface area (Å²) in [5.74, 6) is 1.66. The van der Waals surface area contributed by atoms with Gasteiger partial charge in [-0.2, -0.15) is 0 Å². The van der Waals surface area contributed by atoms with Crippen molar-refractivity contribution in [1.29, 1.82) is 0 Å². The molecule has 17 heavy (non-hydrogen) atoms. The van der Waals surface area contributed by atoms with Crippen LogP contribution in [-0.4, -0.2) is 29.8 Å². The summed E-state index contributed by atoms with van der Waals surface area (Å²) >= 11 is 0. The fourth-order valence-corrected chi connectivity index (χ4v) is 1.78. The summed E-state index contributed by atoms with van der Waals surface area (Å²) in [7, 11) is 1.73. The predicted octanol–water partition coefficient (Wildman–Crippen LogP) is 2.86. The molecule has 1 N–H and O–H groups in total. The molecule has 1 unspecified atom stereocenters. The Bertz CT molecular complexity index is 333. The van der Waals surface area contributed by atoms with Crippen molar-refractivity contribution < 1.29 is 4.74 Å². The molecule has 0 aliphatic rings. The van der Waals surface area contributed by atoms with Crippen LogP contribution in [0.4, 0.5) is 5.95 Å². The number of imidazole rings is 1. The van der Waals surface area contributed by atoms with Crippen molar-refractivity contribution >= 4 is 5.95 Å². The molecular formula is C13H25N3O. The summed E-state index contributed by atoms with van der Waals surface area (Å²) < 4.78 is 7.34. The van der Waals surface area contributed by atoms with Crippen LogP contribution in [0.2, 0.25) is 0 Å². The predicted molar refractivity (Wildman–Crippen MR) is 71.5 cm³/mol. The van der Waals surface area contributed by atoms with Gasteiger partial charge in [0, 0.05) is 19.9 Å². The lowest BCUT2D eigenvalue weighted by Crippen LogP contribution is -2.15. The minimum absolute atomic E-state index is 0.308. The minimum Gasteiger partial charge on any atom is -0.383 e. The second-order valence-electron chi connectivity index (χ2n) is 5.03. The number of rotatable bonds is 7. The molecule has 0 saturated carbocycles. The van der Waals surface area contributed by atoms with Gasteiger partial charge < -0.3 is 14.6 Å². The summed E-state index contributed by atoms with van der Waals surface area (Å²) in [5, 5.41) is 3.40. The molecule has 1 atom stereocenters. The standard InChI is InChI=1S/C13H25N3O/c1-10(2)6-7-14-13-15-11(3)8-16(13)12(4)9-17-5/h8,10,12H,6-7,9H2,1-5H3,(H,14,15). The van der Waals surface area contributed by atoms with Crippen LogP contribution in [0.5, 0.6) is 0 Å². The highest BCUT2D eigenvalue weighted by atomic mass is 16.5. The molecule has 0 bridgehead atoms. The largest absolute Gasteiger partial charge is 0.383 e. The Balaban J connectivity index is 2.63. The van der Waals surface area contributed by atoms with Crippen molar-refractivity contribution in [2.24, 2.45) is 5.92 Å². The van der Waals surface area contributed by atoms with E-state index in [2.05, 4.69) is 41.8 Å². The lowest BCUT2D eigenvalue weighted by atomic mass is 10.1. The van der Waals surface area contributed by atoms with Gasteiger partial charge in [-0.1, -0.05) is 13.8 Å². The molecule has 0 aliphatic heterocycles. The second-order valence-corrected chi connectivity index (χ2v) is 5.03. The van der Waals surface area contributed by atoms with Crippen LogP contribution >= 0.6 is 0 Å². The van der Waals surface area contributed by atoms with Crippen molar-refractivity contribution in [2.45, 2.75) is 40.2 Å². The quantitative estimate of drug-likeness (QED) is 0.795. The van der Waals surface area contributed by atoms with Crippen LogP contribution in [0.1, 0.15) is 38.9 Å². The first-order chi connectivity index (χ1) is 8.04. The summed E-state index contributed by atoms with van der Waals surface area (Å²) in [6.45, 7) is 10.3. The van der Waals surface area contributed by atoms with Gasteiger partial charge in [0.05, 0.1) is 18.3 Å². The molecule has 4 nitrogen and oxygen atoms in total. The normalized spacial score (nSPS) is 13.1. The Morgan fingerprint density at radius 3 is 2.71 bits per heavy atom. The van der Waals surface area contributed by atoms with Crippen molar-refractivity contribution in [3.05, 3.63) is 11.9 Å². The molecule has 0 radical (unpaired) electrons. The maximum atomic E-state index is 5.19. The number of aryl methyl sites for hydroxylation is 1. The zero-order chi connectivity index (χ0) is 12.8. The number of anilines is 1. The van der Waals surface area contributed by atoms with Gasteiger partial charge in [0.25, 0.3) is 0 Å². The Labute approximate surface area is 104 Å². The lowest BCUT2D eigenvalue weighted by molar-refractivity contribution is 0.163. The number of hydrogen-bond donors (Lipinski definition) is 1. The zero-order valence-corrected chi connectivity index (χ0v) is 11.7. The van der Waals surface area contributed by atoms with Gasteiger partial charge in [0.1, 0.15) is 0 Å². The van der Waals surface area contributed by atoms with Crippen LogP contribution in [0, 0.1) is 12.8 Å². The van der Waals surface area contributed by atoms with Crippen LogP contribution in [0.3, 0.4) is 0 Å². The monoisotopic (exact) mass is 239 g/mol. The molecule has 0 spiro atoms. The van der Waals surface area contributed by atoms with E-state index in [0.29, 0.717) is 18.6 Å². The van der Waals surface area contributed by atoms with Gasteiger partial charge in [-0.25, -0.2) is 4.98 Å². The number of nitrogens with one attached hydrogen (secondary N) is 1. The topological polar surface area (TPSA) is 39.1 Å². The van der Waals surface area contributed by atoms with Gasteiger partial charge in [-0.05, 0) is 26.2 Å². The van der Waals surface area contributed by atoms with E-state index in [4.69, 9.17) is 4.74 Å². The number of aromatic nitrogens is 2. The van der Waals surface area contributed by atoms with Gasteiger partial charge in [-0.3, -0.25) is 0 Å². The highest BCUT2D eigenvalue weighted by molar-refractivity contribution is 5.29. The molecule has 0 aromatic carbocycles. The van der Waals surface area contributed by atoms with E-state index >= 15 is 0 Å². The van der Waals surface area contributed by atoms with E-state index in [1.54, 1.807) is 7.11 Å². The highest BCUT2D eigenvalue weighted by Crippen LogP contribution is 2.16. The average molecular weight is 239 g/mol. The average Bonchev–Trinajstić information content (AvgIpc) is 2.59. The van der Waals surface area contributed by atoms with Crippen molar-refractivity contribution in [3.8, 4) is 0 Å². The van der Waals surface area contributed by atoms with Gasteiger partial charge in [0.2, 0.25) is 5.95 Å². The molecule has 4 heteroatoms. The van der Waals surface area contributed by atoms with E-state index in [-0.39, 0.29) is 0 Å². The molecule has 1 aromatic heterocycles. The van der Waals surface area contributed by atoms with Crippen molar-refractivity contribution in [3.63, 3.8) is 0 Å². The molecule has 0 aliphatic carbocycles. The molecule has 1 aromatic rings. The second kappa shape index (κ2) is 6.64.